The molecule has 2 aromatic carbocycles. The number of anilines is 2. The normalized spacial score (nSPS) is 14.4. The van der Waals surface area contributed by atoms with Gasteiger partial charge in [-0.3, -0.25) is 4.79 Å². The second-order valence-electron chi connectivity index (χ2n) is 6.50. The Hall–Kier alpha value is -3.11. The minimum atomic E-state index is -3.76. The average Bonchev–Trinajstić information content (AvgIpc) is 3.23. The van der Waals surface area contributed by atoms with Gasteiger partial charge in [0.05, 0.1) is 7.11 Å². The molecule has 0 unspecified atom stereocenters. The van der Waals surface area contributed by atoms with Crippen molar-refractivity contribution in [3.05, 3.63) is 48.0 Å². The highest BCUT2D eigenvalue weighted by atomic mass is 32.2. The zero-order valence-corrected chi connectivity index (χ0v) is 16.7. The second-order valence-corrected chi connectivity index (χ2v) is 8.41. The number of hydrogen-bond acceptors (Lipinski definition) is 5. The molecule has 0 saturated carbocycles. The van der Waals surface area contributed by atoms with Crippen LogP contribution in [0.5, 0.6) is 5.75 Å². The second kappa shape index (κ2) is 8.50. The van der Waals surface area contributed by atoms with Crippen LogP contribution >= 0.6 is 0 Å². The Morgan fingerprint density at radius 1 is 1.03 bits per heavy atom. The number of benzene rings is 2. The van der Waals surface area contributed by atoms with Crippen LogP contribution in [0.4, 0.5) is 16.2 Å². The topological polar surface area (TPSA) is 131 Å². The fourth-order valence-electron chi connectivity index (χ4n) is 3.11. The van der Waals surface area contributed by atoms with E-state index in [0.29, 0.717) is 24.5 Å². The minimum absolute atomic E-state index is 0.0429. The van der Waals surface area contributed by atoms with Crippen molar-refractivity contribution in [3.63, 3.8) is 0 Å². The highest BCUT2D eigenvalue weighted by molar-refractivity contribution is 7.89. The molecular formula is C19H22N4O5S. The van der Waals surface area contributed by atoms with Crippen molar-refractivity contribution in [3.8, 4) is 5.75 Å². The van der Waals surface area contributed by atoms with Crippen LogP contribution < -0.4 is 21.1 Å². The molecule has 154 valence electrons. The number of nitrogens with zero attached hydrogens (tertiary/aromatic N) is 1. The van der Waals surface area contributed by atoms with E-state index in [9.17, 15) is 18.0 Å². The molecular weight excluding hydrogens is 396 g/mol. The smallest absolute Gasteiger partial charge is 0.316 e. The van der Waals surface area contributed by atoms with Gasteiger partial charge in [-0.2, -0.15) is 4.31 Å². The Labute approximate surface area is 168 Å². The van der Waals surface area contributed by atoms with E-state index < -0.39 is 22.0 Å². The van der Waals surface area contributed by atoms with Crippen molar-refractivity contribution in [1.29, 1.82) is 0 Å². The van der Waals surface area contributed by atoms with E-state index in [0.717, 1.165) is 12.8 Å². The molecule has 1 aliphatic rings. The van der Waals surface area contributed by atoms with Gasteiger partial charge in [-0.05, 0) is 49.2 Å². The van der Waals surface area contributed by atoms with Gasteiger partial charge in [-0.1, -0.05) is 6.07 Å². The molecule has 0 aromatic heterocycles. The van der Waals surface area contributed by atoms with E-state index in [4.69, 9.17) is 10.5 Å². The SMILES string of the molecule is COc1ccc(C(=O)Nc2cccc(NC(N)=O)c2)cc1S(=O)(=O)N1CCCC1. The summed E-state index contributed by atoms with van der Waals surface area (Å²) in [6.45, 7) is 0.892. The molecule has 1 fully saturated rings. The van der Waals surface area contributed by atoms with Crippen LogP contribution in [0.3, 0.4) is 0 Å². The third kappa shape index (κ3) is 4.66. The van der Waals surface area contributed by atoms with E-state index in [2.05, 4.69) is 10.6 Å². The Morgan fingerprint density at radius 2 is 1.69 bits per heavy atom. The van der Waals surface area contributed by atoms with E-state index in [1.807, 2.05) is 0 Å². The predicted octanol–water partition coefficient (Wildman–Crippen LogP) is 2.22. The number of primary amides is 1. The number of hydrogen-bond donors (Lipinski definition) is 3. The largest absolute Gasteiger partial charge is 0.495 e. The van der Waals surface area contributed by atoms with Crippen LogP contribution in [-0.2, 0) is 10.0 Å². The molecule has 1 heterocycles. The number of carbonyl (C=O) groups excluding carboxylic acids is 2. The molecule has 3 rings (SSSR count). The van der Waals surface area contributed by atoms with E-state index in [1.54, 1.807) is 18.2 Å². The molecule has 2 aromatic rings. The number of methoxy groups -OCH3 is 1. The lowest BCUT2D eigenvalue weighted by Crippen LogP contribution is -2.28. The van der Waals surface area contributed by atoms with Gasteiger partial charge in [0.1, 0.15) is 10.6 Å². The Morgan fingerprint density at radius 3 is 2.31 bits per heavy atom. The lowest BCUT2D eigenvalue weighted by molar-refractivity contribution is 0.102. The fourth-order valence-corrected chi connectivity index (χ4v) is 4.81. The molecule has 9 nitrogen and oxygen atoms in total. The maximum Gasteiger partial charge on any atom is 0.316 e. The number of carbonyl (C=O) groups is 2. The average molecular weight is 418 g/mol. The molecule has 3 amide bonds. The van der Waals surface area contributed by atoms with Crippen molar-refractivity contribution in [2.24, 2.45) is 5.73 Å². The van der Waals surface area contributed by atoms with Gasteiger partial charge in [0.15, 0.2) is 0 Å². The van der Waals surface area contributed by atoms with Gasteiger partial charge in [-0.25, -0.2) is 13.2 Å². The van der Waals surface area contributed by atoms with Gasteiger partial charge in [-0.15, -0.1) is 0 Å². The van der Waals surface area contributed by atoms with Crippen molar-refractivity contribution >= 4 is 33.3 Å². The van der Waals surface area contributed by atoms with Crippen LogP contribution in [0.2, 0.25) is 0 Å². The Balaban J connectivity index is 1.87. The third-order valence-electron chi connectivity index (χ3n) is 4.50. The third-order valence-corrected chi connectivity index (χ3v) is 6.42. The molecule has 0 spiro atoms. The first kappa shape index (κ1) is 20.6. The molecule has 4 N–H and O–H groups in total. The maximum absolute atomic E-state index is 13.0. The van der Waals surface area contributed by atoms with Crippen molar-refractivity contribution < 1.29 is 22.7 Å². The van der Waals surface area contributed by atoms with Gasteiger partial charge in [0.2, 0.25) is 10.0 Å². The molecule has 29 heavy (non-hydrogen) atoms. The molecule has 0 aliphatic carbocycles. The summed E-state index contributed by atoms with van der Waals surface area (Å²) >= 11 is 0. The highest BCUT2D eigenvalue weighted by Crippen LogP contribution is 2.30. The molecule has 0 atom stereocenters. The number of sulfonamides is 1. The summed E-state index contributed by atoms with van der Waals surface area (Å²) in [4.78, 5) is 23.6. The molecule has 0 radical (unpaired) electrons. The first-order chi connectivity index (χ1) is 13.8. The number of ether oxygens (including phenoxy) is 1. The Kier molecular flexibility index (Phi) is 6.04. The fraction of sp³-hybridized carbons (Fsp3) is 0.263. The maximum atomic E-state index is 13.0. The molecule has 10 heteroatoms. The number of amides is 3. The summed E-state index contributed by atoms with van der Waals surface area (Å²) in [5.41, 5.74) is 6.09. The van der Waals surface area contributed by atoms with Crippen molar-refractivity contribution in [2.75, 3.05) is 30.8 Å². The van der Waals surface area contributed by atoms with E-state index in [-0.39, 0.29) is 16.2 Å². The van der Waals surface area contributed by atoms with Gasteiger partial charge < -0.3 is 21.1 Å². The highest BCUT2D eigenvalue weighted by Gasteiger charge is 2.30. The van der Waals surface area contributed by atoms with Gasteiger partial charge in [0, 0.05) is 30.0 Å². The summed E-state index contributed by atoms with van der Waals surface area (Å²) in [5, 5.41) is 5.10. The minimum Gasteiger partial charge on any atom is -0.495 e. The number of nitrogens with one attached hydrogen (secondary N) is 2. The summed E-state index contributed by atoms with van der Waals surface area (Å²) in [6, 6.07) is 9.97. The Bertz CT molecular complexity index is 1030. The summed E-state index contributed by atoms with van der Waals surface area (Å²) < 4.78 is 32.5. The van der Waals surface area contributed by atoms with Crippen LogP contribution in [-0.4, -0.2) is 44.9 Å². The number of nitrogens with two attached hydrogens (primary N) is 1. The number of urea groups is 1. The van der Waals surface area contributed by atoms with Crippen LogP contribution in [0.15, 0.2) is 47.4 Å². The van der Waals surface area contributed by atoms with E-state index in [1.165, 1.54) is 35.7 Å². The number of rotatable bonds is 6. The van der Waals surface area contributed by atoms with Gasteiger partial charge >= 0.3 is 6.03 Å². The standard InChI is InChI=1S/C19H22N4O5S/c1-28-16-8-7-13(11-17(16)29(26,27)23-9-2-3-10-23)18(24)21-14-5-4-6-15(12-14)22-19(20)25/h4-8,11-12H,2-3,9-10H2,1H3,(H,21,24)(H3,20,22,25). The molecule has 0 bridgehead atoms. The zero-order chi connectivity index (χ0) is 21.0. The monoisotopic (exact) mass is 418 g/mol. The zero-order valence-electron chi connectivity index (χ0n) is 15.8. The quantitative estimate of drug-likeness (QED) is 0.662. The van der Waals surface area contributed by atoms with Gasteiger partial charge in [0.25, 0.3) is 5.91 Å². The van der Waals surface area contributed by atoms with E-state index >= 15 is 0 Å². The molecule has 1 aliphatic heterocycles. The summed E-state index contributed by atoms with van der Waals surface area (Å²) in [6.07, 6.45) is 1.61. The first-order valence-corrected chi connectivity index (χ1v) is 10.4. The lowest BCUT2D eigenvalue weighted by atomic mass is 10.2. The van der Waals surface area contributed by atoms with Crippen LogP contribution in [0.1, 0.15) is 23.2 Å². The van der Waals surface area contributed by atoms with Crippen molar-refractivity contribution in [1.82, 2.24) is 4.31 Å². The van der Waals surface area contributed by atoms with Crippen LogP contribution in [0.25, 0.3) is 0 Å². The predicted molar refractivity (Wildman–Crippen MR) is 109 cm³/mol. The van der Waals surface area contributed by atoms with Crippen molar-refractivity contribution in [2.45, 2.75) is 17.7 Å². The lowest BCUT2D eigenvalue weighted by Gasteiger charge is -2.18. The molecule has 1 saturated heterocycles. The van der Waals surface area contributed by atoms with Crippen LogP contribution in [0, 0.1) is 0 Å². The first-order valence-electron chi connectivity index (χ1n) is 8.97. The summed E-state index contributed by atoms with van der Waals surface area (Å²) in [5.74, 6) is -0.317. The summed E-state index contributed by atoms with van der Waals surface area (Å²) in [7, 11) is -2.38.